The summed E-state index contributed by atoms with van der Waals surface area (Å²) >= 11 is 0. The quantitative estimate of drug-likeness (QED) is 0.790. The van der Waals surface area contributed by atoms with Gasteiger partial charge in [-0.25, -0.2) is 0 Å². The van der Waals surface area contributed by atoms with E-state index in [1.165, 1.54) is 0 Å². The highest BCUT2D eigenvalue weighted by atomic mass is 16.3. The Morgan fingerprint density at radius 2 is 2.31 bits per heavy atom. The van der Waals surface area contributed by atoms with Gasteiger partial charge in [0.15, 0.2) is 5.76 Å². The van der Waals surface area contributed by atoms with Crippen LogP contribution in [0.15, 0.2) is 16.5 Å². The van der Waals surface area contributed by atoms with Crippen molar-refractivity contribution in [3.8, 4) is 11.6 Å². The molecule has 0 spiro atoms. The van der Waals surface area contributed by atoms with Crippen molar-refractivity contribution in [1.82, 2.24) is 14.8 Å². The van der Waals surface area contributed by atoms with E-state index in [1.54, 1.807) is 0 Å². The molecular weight excluding hydrogens is 204 g/mol. The molecule has 0 radical (unpaired) electrons. The lowest BCUT2D eigenvalue weighted by molar-refractivity contribution is 0.407. The van der Waals surface area contributed by atoms with Gasteiger partial charge >= 0.3 is 0 Å². The molecule has 0 saturated carbocycles. The van der Waals surface area contributed by atoms with Crippen LogP contribution in [0.25, 0.3) is 11.6 Å². The predicted molar refractivity (Wildman–Crippen MR) is 58.6 cm³/mol. The Bertz CT molecular complexity index is 514. The van der Waals surface area contributed by atoms with E-state index in [0.29, 0.717) is 0 Å². The number of nitrogens with zero attached hydrogens (tertiary/aromatic N) is 3. The van der Waals surface area contributed by atoms with Crippen LogP contribution in [0.5, 0.6) is 0 Å². The molecule has 0 bridgehead atoms. The van der Waals surface area contributed by atoms with Crippen LogP contribution in [-0.4, -0.2) is 14.8 Å². The number of rotatable bonds is 1. The van der Waals surface area contributed by atoms with Crippen molar-refractivity contribution >= 4 is 0 Å². The monoisotopic (exact) mass is 218 g/mol. The van der Waals surface area contributed by atoms with Crippen LogP contribution in [0, 0.1) is 6.92 Å². The topological polar surface area (TPSA) is 69.9 Å². The van der Waals surface area contributed by atoms with Crippen LogP contribution in [0.2, 0.25) is 0 Å². The summed E-state index contributed by atoms with van der Waals surface area (Å²) in [5.74, 6) is 3.32. The van der Waals surface area contributed by atoms with Crippen molar-refractivity contribution in [1.29, 1.82) is 0 Å². The first kappa shape index (κ1) is 9.59. The Morgan fingerprint density at radius 1 is 1.44 bits per heavy atom. The van der Waals surface area contributed by atoms with Gasteiger partial charge in [0, 0.05) is 6.42 Å². The molecule has 5 heteroatoms. The number of aromatic nitrogens is 3. The molecule has 0 aliphatic carbocycles. The van der Waals surface area contributed by atoms with Crippen molar-refractivity contribution in [2.45, 2.75) is 32.4 Å². The minimum Gasteiger partial charge on any atom is -0.458 e. The second kappa shape index (κ2) is 3.45. The van der Waals surface area contributed by atoms with Crippen LogP contribution >= 0.6 is 0 Å². The number of fused-ring (bicyclic) bond motifs is 1. The molecule has 3 heterocycles. The van der Waals surface area contributed by atoms with Gasteiger partial charge < -0.3 is 10.2 Å². The molecule has 0 aromatic carbocycles. The maximum atomic E-state index is 6.08. The van der Waals surface area contributed by atoms with Crippen molar-refractivity contribution in [3.05, 3.63) is 23.7 Å². The average molecular weight is 218 g/mol. The second-order valence-corrected chi connectivity index (χ2v) is 4.18. The molecule has 0 fully saturated rings. The zero-order valence-electron chi connectivity index (χ0n) is 9.18. The predicted octanol–water partition coefficient (Wildman–Crippen LogP) is 1.64. The fourth-order valence-electron chi connectivity index (χ4n) is 2.16. The largest absolute Gasteiger partial charge is 0.458 e. The van der Waals surface area contributed by atoms with Crippen molar-refractivity contribution in [3.63, 3.8) is 0 Å². The van der Waals surface area contributed by atoms with Gasteiger partial charge in [-0.3, -0.25) is 4.57 Å². The summed E-state index contributed by atoms with van der Waals surface area (Å²) in [4.78, 5) is 0. The molecule has 2 aromatic rings. The maximum Gasteiger partial charge on any atom is 0.201 e. The third-order valence-electron chi connectivity index (χ3n) is 2.96. The summed E-state index contributed by atoms with van der Waals surface area (Å²) in [6.07, 6.45) is 2.97. The highest BCUT2D eigenvalue weighted by Crippen LogP contribution is 2.28. The highest BCUT2D eigenvalue weighted by molar-refractivity contribution is 5.48. The number of hydrogen-bond acceptors (Lipinski definition) is 4. The van der Waals surface area contributed by atoms with E-state index in [1.807, 2.05) is 23.6 Å². The van der Waals surface area contributed by atoms with Gasteiger partial charge in [-0.2, -0.15) is 0 Å². The number of aryl methyl sites for hydroxylation is 2. The van der Waals surface area contributed by atoms with E-state index >= 15 is 0 Å². The minimum atomic E-state index is -0.0286. The first-order chi connectivity index (χ1) is 7.75. The summed E-state index contributed by atoms with van der Waals surface area (Å²) in [6.45, 7) is 1.91. The van der Waals surface area contributed by atoms with Gasteiger partial charge in [0.05, 0.1) is 6.17 Å². The summed E-state index contributed by atoms with van der Waals surface area (Å²) in [6, 6.07) is 3.83. The first-order valence-corrected chi connectivity index (χ1v) is 5.52. The third kappa shape index (κ3) is 1.36. The van der Waals surface area contributed by atoms with Crippen LogP contribution in [0.3, 0.4) is 0 Å². The summed E-state index contributed by atoms with van der Waals surface area (Å²) < 4.78 is 7.55. The SMILES string of the molecule is Cc1ccc(-c2nnc3n2C(N)CCC3)o1. The van der Waals surface area contributed by atoms with Crippen LogP contribution in [0.4, 0.5) is 0 Å². The number of furan rings is 1. The van der Waals surface area contributed by atoms with Crippen molar-refractivity contribution in [2.24, 2.45) is 5.73 Å². The summed E-state index contributed by atoms with van der Waals surface area (Å²) in [7, 11) is 0. The summed E-state index contributed by atoms with van der Waals surface area (Å²) in [5.41, 5.74) is 6.08. The molecule has 1 aliphatic heterocycles. The highest BCUT2D eigenvalue weighted by Gasteiger charge is 2.23. The standard InChI is InChI=1S/C11H14N4O/c1-7-5-6-8(16-7)11-14-13-10-4-2-3-9(12)15(10)11/h5-6,9H,2-4,12H2,1H3. The fraction of sp³-hybridized carbons (Fsp3) is 0.455. The van der Waals surface area contributed by atoms with Gasteiger partial charge in [0.25, 0.3) is 0 Å². The molecule has 84 valence electrons. The van der Waals surface area contributed by atoms with Crippen LogP contribution in [0.1, 0.15) is 30.6 Å². The Kier molecular flexibility index (Phi) is 2.07. The van der Waals surface area contributed by atoms with Gasteiger partial charge in [-0.1, -0.05) is 0 Å². The minimum absolute atomic E-state index is 0.0286. The summed E-state index contributed by atoms with van der Waals surface area (Å²) in [5, 5.41) is 8.34. The van der Waals surface area contributed by atoms with E-state index in [4.69, 9.17) is 10.2 Å². The van der Waals surface area contributed by atoms with Gasteiger partial charge in [0.2, 0.25) is 5.82 Å². The lowest BCUT2D eigenvalue weighted by Crippen LogP contribution is -2.25. The normalized spacial score (nSPS) is 19.8. The van der Waals surface area contributed by atoms with Crippen molar-refractivity contribution < 1.29 is 4.42 Å². The second-order valence-electron chi connectivity index (χ2n) is 4.18. The zero-order chi connectivity index (χ0) is 11.1. The molecule has 1 aliphatic rings. The molecule has 16 heavy (non-hydrogen) atoms. The first-order valence-electron chi connectivity index (χ1n) is 5.52. The van der Waals surface area contributed by atoms with E-state index in [9.17, 15) is 0 Å². The van der Waals surface area contributed by atoms with Crippen LogP contribution < -0.4 is 5.73 Å². The van der Waals surface area contributed by atoms with Gasteiger partial charge in [-0.15, -0.1) is 10.2 Å². The molecule has 2 aromatic heterocycles. The number of hydrogen-bond donors (Lipinski definition) is 1. The maximum absolute atomic E-state index is 6.08. The Hall–Kier alpha value is -1.62. The third-order valence-corrected chi connectivity index (χ3v) is 2.96. The van der Waals surface area contributed by atoms with Crippen molar-refractivity contribution in [2.75, 3.05) is 0 Å². The van der Waals surface area contributed by atoms with E-state index in [2.05, 4.69) is 10.2 Å². The van der Waals surface area contributed by atoms with E-state index in [-0.39, 0.29) is 6.17 Å². The lowest BCUT2D eigenvalue weighted by atomic mass is 10.1. The van der Waals surface area contributed by atoms with Gasteiger partial charge in [0.1, 0.15) is 11.6 Å². The molecule has 2 N–H and O–H groups in total. The van der Waals surface area contributed by atoms with Crippen LogP contribution in [-0.2, 0) is 6.42 Å². The smallest absolute Gasteiger partial charge is 0.201 e. The zero-order valence-corrected chi connectivity index (χ0v) is 9.18. The molecule has 3 rings (SSSR count). The fourth-order valence-corrected chi connectivity index (χ4v) is 2.16. The molecular formula is C11H14N4O. The Labute approximate surface area is 93.3 Å². The number of nitrogens with two attached hydrogens (primary N) is 1. The Morgan fingerprint density at radius 3 is 3.06 bits per heavy atom. The average Bonchev–Trinajstić information content (AvgIpc) is 2.84. The van der Waals surface area contributed by atoms with E-state index in [0.717, 1.165) is 42.4 Å². The lowest BCUT2D eigenvalue weighted by Gasteiger charge is -2.21. The molecule has 1 atom stereocenters. The Balaban J connectivity index is 2.12. The molecule has 5 nitrogen and oxygen atoms in total. The molecule has 1 unspecified atom stereocenters. The van der Waals surface area contributed by atoms with Gasteiger partial charge in [-0.05, 0) is 31.9 Å². The van der Waals surface area contributed by atoms with E-state index < -0.39 is 0 Å². The molecule has 0 amide bonds. The molecule has 0 saturated heterocycles.